The summed E-state index contributed by atoms with van der Waals surface area (Å²) in [4.78, 5) is 3.97. The van der Waals surface area contributed by atoms with Crippen molar-refractivity contribution >= 4 is 6.34 Å². The second-order valence-corrected chi connectivity index (χ2v) is 4.40. The molecule has 0 spiro atoms. The van der Waals surface area contributed by atoms with Crippen LogP contribution in [0.1, 0.15) is 5.56 Å². The van der Waals surface area contributed by atoms with E-state index in [0.717, 1.165) is 5.01 Å². The number of hydrazine groups is 2. The van der Waals surface area contributed by atoms with Crippen LogP contribution in [0, 0.1) is 23.3 Å². The minimum absolute atomic E-state index is 0.168. The van der Waals surface area contributed by atoms with E-state index in [9.17, 15) is 17.6 Å². The van der Waals surface area contributed by atoms with Gasteiger partial charge in [-0.2, -0.15) is 0 Å². The maximum absolute atomic E-state index is 13.7. The number of hydrogen-bond donors (Lipinski definition) is 2. The van der Waals surface area contributed by atoms with Gasteiger partial charge in [0.15, 0.2) is 23.3 Å². The Labute approximate surface area is 116 Å². The minimum atomic E-state index is -1.45. The van der Waals surface area contributed by atoms with Gasteiger partial charge in [0, 0.05) is 18.5 Å². The van der Waals surface area contributed by atoms with Crippen LogP contribution in [-0.4, -0.2) is 16.4 Å². The van der Waals surface area contributed by atoms with Crippen molar-refractivity contribution in [1.29, 1.82) is 0 Å². The molecule has 0 aromatic heterocycles. The van der Waals surface area contributed by atoms with Gasteiger partial charge in [0.2, 0.25) is 0 Å². The molecule has 0 aliphatic carbocycles. The molecule has 2 aliphatic heterocycles. The Morgan fingerprint density at radius 1 is 1.14 bits per heavy atom. The lowest BCUT2D eigenvalue weighted by Gasteiger charge is -2.24. The molecular formula is C12H9F4N5. The summed E-state index contributed by atoms with van der Waals surface area (Å²) in [5.74, 6) is -0.264. The van der Waals surface area contributed by atoms with Crippen molar-refractivity contribution in [1.82, 2.24) is 15.4 Å². The quantitative estimate of drug-likeness (QED) is 0.493. The lowest BCUT2D eigenvalue weighted by atomic mass is 10.1. The van der Waals surface area contributed by atoms with Gasteiger partial charge in [0.05, 0.1) is 12.1 Å². The monoisotopic (exact) mass is 299 g/mol. The molecule has 0 unspecified atom stereocenters. The highest BCUT2D eigenvalue weighted by Crippen LogP contribution is 2.27. The van der Waals surface area contributed by atoms with Crippen LogP contribution in [0.2, 0.25) is 0 Å². The third-order valence-electron chi connectivity index (χ3n) is 3.03. The summed E-state index contributed by atoms with van der Waals surface area (Å²) in [7, 11) is 0. The van der Waals surface area contributed by atoms with Crippen LogP contribution in [0.5, 0.6) is 0 Å². The molecule has 0 radical (unpaired) electrons. The largest absolute Gasteiger partial charge is 0.303 e. The summed E-state index contributed by atoms with van der Waals surface area (Å²) in [6.07, 6.45) is 4.26. The number of rotatable bonds is 2. The molecule has 0 bridgehead atoms. The molecule has 0 atom stereocenters. The van der Waals surface area contributed by atoms with Crippen molar-refractivity contribution in [3.63, 3.8) is 0 Å². The molecular weight excluding hydrogens is 290 g/mol. The molecule has 3 N–H and O–H groups in total. The summed E-state index contributed by atoms with van der Waals surface area (Å²) in [6, 6.07) is 0.168. The highest BCUT2D eigenvalue weighted by atomic mass is 19.2. The van der Waals surface area contributed by atoms with E-state index < -0.39 is 35.4 Å². The predicted molar refractivity (Wildman–Crippen MR) is 65.6 cm³/mol. The Morgan fingerprint density at radius 3 is 2.48 bits per heavy atom. The van der Waals surface area contributed by atoms with Gasteiger partial charge in [-0.1, -0.05) is 0 Å². The van der Waals surface area contributed by atoms with E-state index in [-0.39, 0.29) is 6.07 Å². The van der Waals surface area contributed by atoms with E-state index in [4.69, 9.17) is 5.84 Å². The molecule has 2 heterocycles. The van der Waals surface area contributed by atoms with Crippen LogP contribution in [-0.2, 0) is 6.54 Å². The van der Waals surface area contributed by atoms with Crippen molar-refractivity contribution in [2.24, 2.45) is 10.8 Å². The van der Waals surface area contributed by atoms with Crippen molar-refractivity contribution < 1.29 is 17.6 Å². The molecule has 2 aliphatic rings. The lowest BCUT2D eigenvalue weighted by Crippen LogP contribution is -2.33. The minimum Gasteiger partial charge on any atom is -0.303 e. The van der Waals surface area contributed by atoms with Crippen molar-refractivity contribution in [3.05, 3.63) is 58.7 Å². The van der Waals surface area contributed by atoms with Gasteiger partial charge < -0.3 is 5.43 Å². The topological polar surface area (TPSA) is 56.9 Å². The van der Waals surface area contributed by atoms with Gasteiger partial charge in [-0.3, -0.25) is 10.0 Å². The normalized spacial score (nSPS) is 16.6. The summed E-state index contributed by atoms with van der Waals surface area (Å²) in [5, 5.41) is 2.41. The zero-order valence-corrected chi connectivity index (χ0v) is 10.4. The highest BCUT2D eigenvalue weighted by Gasteiger charge is 2.27. The molecule has 110 valence electrons. The van der Waals surface area contributed by atoms with Crippen molar-refractivity contribution in [2.45, 2.75) is 6.54 Å². The molecule has 0 saturated heterocycles. The Bertz CT molecular complexity index is 671. The van der Waals surface area contributed by atoms with E-state index in [0.29, 0.717) is 11.4 Å². The first-order chi connectivity index (χ1) is 9.97. The zero-order valence-electron chi connectivity index (χ0n) is 10.4. The smallest absolute Gasteiger partial charge is 0.167 e. The molecule has 21 heavy (non-hydrogen) atoms. The Hall–Kier alpha value is -2.55. The van der Waals surface area contributed by atoms with Gasteiger partial charge in [0.25, 0.3) is 0 Å². The lowest BCUT2D eigenvalue weighted by molar-refractivity contribution is 0.282. The molecule has 1 aromatic rings. The second kappa shape index (κ2) is 4.77. The van der Waals surface area contributed by atoms with E-state index in [1.54, 1.807) is 0 Å². The number of nitrogens with two attached hydrogens (primary N) is 1. The summed E-state index contributed by atoms with van der Waals surface area (Å²) in [5.41, 5.74) is 2.86. The third kappa shape index (κ3) is 2.21. The predicted octanol–water partition coefficient (Wildman–Crippen LogP) is 1.46. The van der Waals surface area contributed by atoms with E-state index in [2.05, 4.69) is 10.4 Å². The van der Waals surface area contributed by atoms with Crippen LogP contribution >= 0.6 is 0 Å². The number of fused-ring (bicyclic) bond motifs is 1. The molecule has 1 aromatic carbocycles. The number of nitrogens with zero attached hydrogens (tertiary/aromatic N) is 3. The molecule has 0 amide bonds. The number of halogens is 4. The van der Waals surface area contributed by atoms with Crippen LogP contribution in [0.4, 0.5) is 17.6 Å². The molecule has 3 rings (SSSR count). The van der Waals surface area contributed by atoms with Gasteiger partial charge in [-0.15, -0.1) is 0 Å². The summed E-state index contributed by atoms with van der Waals surface area (Å²) in [6.45, 7) is -0.443. The van der Waals surface area contributed by atoms with Crippen molar-refractivity contribution in [3.8, 4) is 0 Å². The maximum atomic E-state index is 13.7. The number of nitrogens with one attached hydrogen (secondary N) is 1. The van der Waals surface area contributed by atoms with Crippen LogP contribution < -0.4 is 11.3 Å². The molecule has 0 fully saturated rings. The molecule has 9 heteroatoms. The van der Waals surface area contributed by atoms with E-state index in [1.807, 2.05) is 0 Å². The Balaban J connectivity index is 1.93. The summed E-state index contributed by atoms with van der Waals surface area (Å²) >= 11 is 0. The van der Waals surface area contributed by atoms with Crippen LogP contribution in [0.25, 0.3) is 0 Å². The second-order valence-electron chi connectivity index (χ2n) is 4.40. The third-order valence-corrected chi connectivity index (χ3v) is 3.03. The highest BCUT2D eigenvalue weighted by molar-refractivity contribution is 5.62. The van der Waals surface area contributed by atoms with Gasteiger partial charge in [-0.05, 0) is 0 Å². The fourth-order valence-corrected chi connectivity index (χ4v) is 2.01. The van der Waals surface area contributed by atoms with Crippen LogP contribution in [0.15, 0.2) is 34.9 Å². The summed E-state index contributed by atoms with van der Waals surface area (Å²) < 4.78 is 53.7. The molecule has 5 nitrogen and oxygen atoms in total. The van der Waals surface area contributed by atoms with Gasteiger partial charge >= 0.3 is 0 Å². The Kier molecular flexibility index (Phi) is 3.05. The number of benzene rings is 1. The zero-order chi connectivity index (χ0) is 15.1. The van der Waals surface area contributed by atoms with Crippen molar-refractivity contribution in [2.75, 3.05) is 0 Å². The fraction of sp³-hybridized carbons (Fsp3) is 0.0833. The molecule has 0 saturated carbocycles. The average molecular weight is 299 g/mol. The van der Waals surface area contributed by atoms with Crippen LogP contribution in [0.3, 0.4) is 0 Å². The first-order valence-electron chi connectivity index (χ1n) is 5.82. The van der Waals surface area contributed by atoms with Gasteiger partial charge in [0.1, 0.15) is 17.7 Å². The average Bonchev–Trinajstić information content (AvgIpc) is 2.84. The SMILES string of the molecule is NN1C=NC2=CNN(Cc3c(F)c(F)cc(F)c3F)C2=C1. The first-order valence-corrected chi connectivity index (χ1v) is 5.82. The van der Waals surface area contributed by atoms with E-state index in [1.165, 1.54) is 23.7 Å². The standard InChI is InChI=1S/C12H9F4N5/c13-7-1-8(14)12(16)6(11(7)15)3-21-10-4-20(17)5-18-9(10)2-19-21/h1-2,4-5,19H,3,17H2. The number of aliphatic imine (C=N–C) groups is 1. The first kappa shape index (κ1) is 13.4. The van der Waals surface area contributed by atoms with E-state index >= 15 is 0 Å². The fourth-order valence-electron chi connectivity index (χ4n) is 2.01. The maximum Gasteiger partial charge on any atom is 0.167 e. The number of hydrogen-bond acceptors (Lipinski definition) is 5. The Morgan fingerprint density at radius 2 is 1.81 bits per heavy atom. The van der Waals surface area contributed by atoms with Gasteiger partial charge in [-0.25, -0.2) is 28.4 Å².